The summed E-state index contributed by atoms with van der Waals surface area (Å²) in [6.07, 6.45) is 4.21. The number of pyridine rings is 1. The van der Waals surface area contributed by atoms with E-state index in [1.165, 1.54) is 0 Å². The molecule has 6 nitrogen and oxygen atoms in total. The molecule has 2 aromatic rings. The molecule has 1 aliphatic heterocycles. The molecule has 2 aromatic heterocycles. The second-order valence-electron chi connectivity index (χ2n) is 7.27. The van der Waals surface area contributed by atoms with Gasteiger partial charge in [-0.25, -0.2) is 4.98 Å². The van der Waals surface area contributed by atoms with E-state index in [4.69, 9.17) is 4.52 Å². The number of nitrogens with zero attached hydrogens (tertiary/aromatic N) is 2. The van der Waals surface area contributed by atoms with Crippen molar-refractivity contribution in [2.45, 2.75) is 57.4 Å². The van der Waals surface area contributed by atoms with Crippen LogP contribution in [-0.4, -0.2) is 35.2 Å². The Kier molecular flexibility index (Phi) is 5.29. The van der Waals surface area contributed by atoms with Gasteiger partial charge >= 0.3 is 0 Å². The van der Waals surface area contributed by atoms with Crippen molar-refractivity contribution in [1.82, 2.24) is 20.8 Å². The lowest BCUT2D eigenvalue weighted by Gasteiger charge is -2.24. The molecule has 0 spiro atoms. The number of aromatic nitrogens is 2. The van der Waals surface area contributed by atoms with Crippen LogP contribution in [-0.2, 0) is 0 Å². The SMILES string of the molecule is CC(C)c1noc2nc(C3CC3)cc(C(=O)NC3CCNCC3)c12.Cl. The zero-order valence-corrected chi connectivity index (χ0v) is 15.5. The summed E-state index contributed by atoms with van der Waals surface area (Å²) in [6, 6.07) is 2.19. The first-order valence-electron chi connectivity index (χ1n) is 8.95. The summed E-state index contributed by atoms with van der Waals surface area (Å²) >= 11 is 0. The number of carbonyl (C=O) groups is 1. The Hall–Kier alpha value is -1.66. The third-order valence-electron chi connectivity index (χ3n) is 4.95. The maximum atomic E-state index is 13.0. The quantitative estimate of drug-likeness (QED) is 0.871. The predicted octanol–water partition coefficient (Wildman–Crippen LogP) is 3.13. The molecule has 25 heavy (non-hydrogen) atoms. The fourth-order valence-electron chi connectivity index (χ4n) is 3.38. The van der Waals surface area contributed by atoms with E-state index < -0.39 is 0 Å². The van der Waals surface area contributed by atoms with Crippen LogP contribution in [0.2, 0.25) is 0 Å². The Morgan fingerprint density at radius 1 is 1.28 bits per heavy atom. The van der Waals surface area contributed by atoms with Gasteiger partial charge in [0.15, 0.2) is 0 Å². The van der Waals surface area contributed by atoms with E-state index in [0.29, 0.717) is 17.2 Å². The van der Waals surface area contributed by atoms with Crippen LogP contribution in [0.4, 0.5) is 0 Å². The molecule has 0 aromatic carbocycles. The number of amides is 1. The highest BCUT2D eigenvalue weighted by Crippen LogP contribution is 2.41. The lowest BCUT2D eigenvalue weighted by Crippen LogP contribution is -2.42. The summed E-state index contributed by atoms with van der Waals surface area (Å²) in [6.45, 7) is 6.02. The molecule has 0 unspecified atom stereocenters. The second kappa shape index (κ2) is 7.30. The standard InChI is InChI=1S/C18H24N4O2.ClH/c1-10(2)16-15-13(17(23)20-12-5-7-19-8-6-12)9-14(11-3-4-11)21-18(15)24-22-16;/h9-12,19H,3-8H2,1-2H3,(H,20,23);1H. The van der Waals surface area contributed by atoms with Crippen molar-refractivity contribution in [1.29, 1.82) is 0 Å². The lowest BCUT2D eigenvalue weighted by molar-refractivity contribution is 0.0931. The molecule has 0 radical (unpaired) electrons. The first kappa shape index (κ1) is 18.1. The molecule has 1 aliphatic carbocycles. The average molecular weight is 365 g/mol. The van der Waals surface area contributed by atoms with Crippen molar-refractivity contribution >= 4 is 29.4 Å². The summed E-state index contributed by atoms with van der Waals surface area (Å²) < 4.78 is 5.46. The minimum Gasteiger partial charge on any atom is -0.349 e. The average Bonchev–Trinajstić information content (AvgIpc) is 3.33. The van der Waals surface area contributed by atoms with Crippen molar-refractivity contribution in [3.05, 3.63) is 23.0 Å². The topological polar surface area (TPSA) is 80.0 Å². The van der Waals surface area contributed by atoms with E-state index >= 15 is 0 Å². The molecule has 2 aliphatic rings. The summed E-state index contributed by atoms with van der Waals surface area (Å²) in [5.74, 6) is 0.624. The number of hydrogen-bond donors (Lipinski definition) is 2. The first-order chi connectivity index (χ1) is 11.6. The normalized spacial score (nSPS) is 18.4. The van der Waals surface area contributed by atoms with Gasteiger partial charge in [-0.1, -0.05) is 19.0 Å². The first-order valence-corrected chi connectivity index (χ1v) is 8.95. The minimum atomic E-state index is -0.0266. The van der Waals surface area contributed by atoms with Gasteiger partial charge in [0.2, 0.25) is 0 Å². The van der Waals surface area contributed by atoms with Gasteiger partial charge in [-0.3, -0.25) is 4.79 Å². The fraction of sp³-hybridized carbons (Fsp3) is 0.611. The van der Waals surface area contributed by atoms with E-state index in [1.807, 2.05) is 6.07 Å². The third kappa shape index (κ3) is 3.65. The third-order valence-corrected chi connectivity index (χ3v) is 4.95. The van der Waals surface area contributed by atoms with Crippen molar-refractivity contribution in [2.75, 3.05) is 13.1 Å². The zero-order valence-electron chi connectivity index (χ0n) is 14.7. The molecule has 0 atom stereocenters. The van der Waals surface area contributed by atoms with Crippen LogP contribution in [0.3, 0.4) is 0 Å². The summed E-state index contributed by atoms with van der Waals surface area (Å²) in [5.41, 5.74) is 2.95. The Morgan fingerprint density at radius 3 is 2.64 bits per heavy atom. The predicted molar refractivity (Wildman–Crippen MR) is 98.5 cm³/mol. The Labute approximate surface area is 153 Å². The van der Waals surface area contributed by atoms with Crippen LogP contribution in [0.15, 0.2) is 10.6 Å². The lowest BCUT2D eigenvalue weighted by atomic mass is 10.0. The number of hydrogen-bond acceptors (Lipinski definition) is 5. The van der Waals surface area contributed by atoms with Gasteiger partial charge in [-0.05, 0) is 50.8 Å². The van der Waals surface area contributed by atoms with Crippen molar-refractivity contribution < 1.29 is 9.32 Å². The highest BCUT2D eigenvalue weighted by atomic mass is 35.5. The number of rotatable bonds is 4. The van der Waals surface area contributed by atoms with Crippen molar-refractivity contribution in [3.8, 4) is 0 Å². The highest BCUT2D eigenvalue weighted by molar-refractivity contribution is 6.06. The van der Waals surface area contributed by atoms with Crippen LogP contribution in [0.1, 0.15) is 73.1 Å². The molecular formula is C18H25ClN4O2. The monoisotopic (exact) mass is 364 g/mol. The number of piperidine rings is 1. The maximum Gasteiger partial charge on any atom is 0.259 e. The minimum absolute atomic E-state index is 0. The fourth-order valence-corrected chi connectivity index (χ4v) is 3.38. The van der Waals surface area contributed by atoms with Gasteiger partial charge in [0.1, 0.15) is 0 Å². The van der Waals surface area contributed by atoms with E-state index in [9.17, 15) is 4.79 Å². The van der Waals surface area contributed by atoms with Gasteiger partial charge in [0.05, 0.1) is 16.6 Å². The largest absolute Gasteiger partial charge is 0.349 e. The molecule has 1 saturated heterocycles. The smallest absolute Gasteiger partial charge is 0.259 e. The molecule has 2 N–H and O–H groups in total. The summed E-state index contributed by atoms with van der Waals surface area (Å²) in [4.78, 5) is 17.6. The van der Waals surface area contributed by atoms with Gasteiger partial charge in [-0.2, -0.15) is 0 Å². The van der Waals surface area contributed by atoms with Crippen LogP contribution in [0.25, 0.3) is 11.1 Å². The number of halogens is 1. The van der Waals surface area contributed by atoms with E-state index in [1.54, 1.807) is 0 Å². The number of fused-ring (bicyclic) bond motifs is 1. The number of carbonyl (C=O) groups excluding carboxylic acids is 1. The maximum absolute atomic E-state index is 13.0. The molecule has 4 rings (SSSR count). The van der Waals surface area contributed by atoms with Crippen LogP contribution in [0.5, 0.6) is 0 Å². The van der Waals surface area contributed by atoms with E-state index in [2.05, 4.69) is 34.6 Å². The summed E-state index contributed by atoms with van der Waals surface area (Å²) in [5, 5.41) is 11.5. The van der Waals surface area contributed by atoms with Gasteiger partial charge in [0.25, 0.3) is 11.6 Å². The molecule has 0 bridgehead atoms. The van der Waals surface area contributed by atoms with E-state index in [0.717, 1.165) is 55.5 Å². The Morgan fingerprint density at radius 2 is 2.00 bits per heavy atom. The molecular weight excluding hydrogens is 340 g/mol. The molecule has 1 amide bonds. The molecule has 3 heterocycles. The van der Waals surface area contributed by atoms with Crippen LogP contribution < -0.4 is 10.6 Å². The molecule has 1 saturated carbocycles. The Bertz CT molecular complexity index is 764. The zero-order chi connectivity index (χ0) is 16.7. The van der Waals surface area contributed by atoms with E-state index in [-0.39, 0.29) is 30.3 Å². The van der Waals surface area contributed by atoms with Gasteiger partial charge < -0.3 is 15.2 Å². The van der Waals surface area contributed by atoms with Crippen molar-refractivity contribution in [3.63, 3.8) is 0 Å². The van der Waals surface area contributed by atoms with Crippen LogP contribution in [0, 0.1) is 0 Å². The van der Waals surface area contributed by atoms with Crippen LogP contribution >= 0.6 is 12.4 Å². The van der Waals surface area contributed by atoms with Gasteiger partial charge in [0, 0.05) is 17.7 Å². The Balaban J connectivity index is 0.00000182. The molecule has 7 heteroatoms. The highest BCUT2D eigenvalue weighted by Gasteiger charge is 2.30. The van der Waals surface area contributed by atoms with Gasteiger partial charge in [-0.15, -0.1) is 12.4 Å². The second-order valence-corrected chi connectivity index (χ2v) is 7.27. The van der Waals surface area contributed by atoms with Crippen molar-refractivity contribution in [2.24, 2.45) is 0 Å². The summed E-state index contributed by atoms with van der Waals surface area (Å²) in [7, 11) is 0. The molecule has 136 valence electrons. The molecule has 2 fully saturated rings. The number of nitrogens with one attached hydrogen (secondary N) is 2.